The molecule has 7 heteroatoms. The third-order valence-corrected chi connectivity index (χ3v) is 7.06. The van der Waals surface area contributed by atoms with E-state index in [2.05, 4.69) is 58.2 Å². The van der Waals surface area contributed by atoms with E-state index in [4.69, 9.17) is 9.47 Å². The average molecular weight is 618 g/mol. The number of aryl methyl sites for hydroxylation is 1. The molecule has 6 nitrogen and oxygen atoms in total. The third-order valence-electron chi connectivity index (χ3n) is 6.26. The Morgan fingerprint density at radius 3 is 2.39 bits per heavy atom. The Morgan fingerprint density at radius 2 is 1.63 bits per heavy atom. The quantitative estimate of drug-likeness (QED) is 0.134. The van der Waals surface area contributed by atoms with E-state index >= 15 is 0 Å². The van der Waals surface area contributed by atoms with Gasteiger partial charge in [0.25, 0.3) is 5.91 Å². The number of nitrogens with zero attached hydrogens (tertiary/aromatic N) is 1. The van der Waals surface area contributed by atoms with Crippen LogP contribution in [0.15, 0.2) is 84.6 Å². The van der Waals surface area contributed by atoms with Crippen LogP contribution in [0.1, 0.15) is 29.2 Å². The Hall–Kier alpha value is -3.85. The van der Waals surface area contributed by atoms with Crippen molar-refractivity contribution in [2.75, 3.05) is 6.61 Å². The smallest absolute Gasteiger partial charge is 0.329 e. The summed E-state index contributed by atoms with van der Waals surface area (Å²) in [4.78, 5) is 26.8. The van der Waals surface area contributed by atoms with Gasteiger partial charge in [-0.1, -0.05) is 66.2 Å². The second-order valence-corrected chi connectivity index (χ2v) is 10.3. The number of imide groups is 1. The molecule has 4 aromatic rings. The normalized spacial score (nSPS) is 14.3. The summed E-state index contributed by atoms with van der Waals surface area (Å²) in [5.74, 6) is 0.867. The van der Waals surface area contributed by atoms with E-state index in [1.54, 1.807) is 6.08 Å². The molecule has 192 valence electrons. The van der Waals surface area contributed by atoms with Crippen LogP contribution in [0.25, 0.3) is 16.8 Å². The Bertz CT molecular complexity index is 1550. The van der Waals surface area contributed by atoms with Gasteiger partial charge < -0.3 is 14.8 Å². The molecule has 1 fully saturated rings. The first kappa shape index (κ1) is 25.8. The lowest BCUT2D eigenvalue weighted by Crippen LogP contribution is -2.30. The summed E-state index contributed by atoms with van der Waals surface area (Å²) in [7, 11) is 0. The maximum absolute atomic E-state index is 13.0. The lowest BCUT2D eigenvalue weighted by Gasteiger charge is -2.15. The Balaban J connectivity index is 1.35. The SMILES string of the molecule is CCOc1cc(/C=C2/NC(=O)N(Cc3ccc(C)cc3)C2=O)cc(I)c1OCc1ccc2ccccc2c1. The van der Waals surface area contributed by atoms with Crippen LogP contribution in [0.3, 0.4) is 0 Å². The van der Waals surface area contributed by atoms with Gasteiger partial charge in [-0.2, -0.15) is 0 Å². The number of halogens is 1. The number of nitrogens with one attached hydrogen (secondary N) is 1. The number of carbonyl (C=O) groups is 2. The topological polar surface area (TPSA) is 67.9 Å². The fourth-order valence-electron chi connectivity index (χ4n) is 4.32. The maximum atomic E-state index is 13.0. The standard InChI is InChI=1S/C31H27IN2O4/c1-3-37-28-17-23(16-27-30(35)34(31(36)33-27)18-21-10-8-20(2)9-11-21)15-26(32)29(28)38-19-22-12-13-24-6-4-5-7-25(24)14-22/h4-17H,3,18-19H2,1-2H3,(H,33,36)/b27-16+. The summed E-state index contributed by atoms with van der Waals surface area (Å²) >= 11 is 2.21. The fraction of sp³-hybridized carbons (Fsp3) is 0.161. The van der Waals surface area contributed by atoms with Gasteiger partial charge in [-0.25, -0.2) is 4.79 Å². The van der Waals surface area contributed by atoms with Crippen molar-refractivity contribution in [3.8, 4) is 11.5 Å². The summed E-state index contributed by atoms with van der Waals surface area (Å²) in [6.07, 6.45) is 1.67. The second-order valence-electron chi connectivity index (χ2n) is 9.10. The molecule has 1 aliphatic heterocycles. The molecule has 0 aliphatic carbocycles. The van der Waals surface area contributed by atoms with Crippen LogP contribution < -0.4 is 14.8 Å². The zero-order valence-corrected chi connectivity index (χ0v) is 23.3. The number of rotatable bonds is 8. The summed E-state index contributed by atoms with van der Waals surface area (Å²) < 4.78 is 13.0. The van der Waals surface area contributed by atoms with Crippen molar-refractivity contribution in [2.45, 2.75) is 27.0 Å². The predicted molar refractivity (Wildman–Crippen MR) is 157 cm³/mol. The number of benzene rings is 4. The highest BCUT2D eigenvalue weighted by molar-refractivity contribution is 14.1. The molecular weight excluding hydrogens is 591 g/mol. The molecule has 1 heterocycles. The van der Waals surface area contributed by atoms with Crippen LogP contribution in [-0.4, -0.2) is 23.4 Å². The van der Waals surface area contributed by atoms with Crippen molar-refractivity contribution in [2.24, 2.45) is 0 Å². The first-order valence-corrected chi connectivity index (χ1v) is 13.5. The highest BCUT2D eigenvalue weighted by atomic mass is 127. The van der Waals surface area contributed by atoms with Crippen LogP contribution in [-0.2, 0) is 17.9 Å². The molecule has 1 saturated heterocycles. The van der Waals surface area contributed by atoms with E-state index in [-0.39, 0.29) is 18.1 Å². The molecule has 38 heavy (non-hydrogen) atoms. The summed E-state index contributed by atoms with van der Waals surface area (Å²) in [5, 5.41) is 5.05. The Kier molecular flexibility index (Phi) is 7.64. The van der Waals surface area contributed by atoms with Crippen molar-refractivity contribution < 1.29 is 19.1 Å². The summed E-state index contributed by atoms with van der Waals surface area (Å²) in [5.41, 5.74) is 4.03. The molecule has 4 aromatic carbocycles. The first-order valence-electron chi connectivity index (χ1n) is 12.4. The molecule has 0 bridgehead atoms. The molecule has 5 rings (SSSR count). The maximum Gasteiger partial charge on any atom is 0.329 e. The van der Waals surface area contributed by atoms with Gasteiger partial charge in [-0.15, -0.1) is 0 Å². The predicted octanol–water partition coefficient (Wildman–Crippen LogP) is 6.82. The van der Waals surface area contributed by atoms with E-state index < -0.39 is 6.03 Å². The molecule has 3 amide bonds. The minimum atomic E-state index is -0.433. The van der Waals surface area contributed by atoms with Gasteiger partial charge in [0, 0.05) is 0 Å². The molecule has 0 spiro atoms. The third kappa shape index (κ3) is 5.67. The molecule has 0 atom stereocenters. The van der Waals surface area contributed by atoms with E-state index in [1.807, 2.05) is 62.4 Å². The van der Waals surface area contributed by atoms with E-state index in [9.17, 15) is 9.59 Å². The minimum absolute atomic E-state index is 0.214. The highest BCUT2D eigenvalue weighted by Crippen LogP contribution is 2.36. The van der Waals surface area contributed by atoms with Gasteiger partial charge in [-0.3, -0.25) is 9.69 Å². The number of amides is 3. The molecule has 1 aliphatic rings. The summed E-state index contributed by atoms with van der Waals surface area (Å²) in [6, 6.07) is 25.6. The van der Waals surface area contributed by atoms with Crippen molar-refractivity contribution >= 4 is 51.4 Å². The van der Waals surface area contributed by atoms with Gasteiger partial charge in [0.15, 0.2) is 11.5 Å². The Morgan fingerprint density at radius 1 is 0.895 bits per heavy atom. The number of urea groups is 1. The highest BCUT2D eigenvalue weighted by Gasteiger charge is 2.33. The number of ether oxygens (including phenoxy) is 2. The lowest BCUT2D eigenvalue weighted by molar-refractivity contribution is -0.123. The molecular formula is C31H27IN2O4. The largest absolute Gasteiger partial charge is 0.490 e. The first-order chi connectivity index (χ1) is 18.4. The lowest BCUT2D eigenvalue weighted by atomic mass is 10.1. The van der Waals surface area contributed by atoms with E-state index in [1.165, 1.54) is 10.3 Å². The average Bonchev–Trinajstić information content (AvgIpc) is 3.16. The van der Waals surface area contributed by atoms with Gasteiger partial charge in [0.1, 0.15) is 12.3 Å². The molecule has 0 saturated carbocycles. The van der Waals surface area contributed by atoms with Gasteiger partial charge in [0.05, 0.1) is 16.7 Å². The molecule has 0 radical (unpaired) electrons. The monoisotopic (exact) mass is 618 g/mol. The van der Waals surface area contributed by atoms with E-state index in [0.717, 1.165) is 31.2 Å². The van der Waals surface area contributed by atoms with Gasteiger partial charge in [-0.05, 0) is 88.2 Å². The zero-order valence-electron chi connectivity index (χ0n) is 21.2. The Labute approximate surface area is 235 Å². The van der Waals surface area contributed by atoms with Crippen LogP contribution in [0.2, 0.25) is 0 Å². The molecule has 0 unspecified atom stereocenters. The van der Waals surface area contributed by atoms with Crippen LogP contribution >= 0.6 is 22.6 Å². The molecule has 0 aromatic heterocycles. The van der Waals surface area contributed by atoms with Crippen molar-refractivity contribution in [3.05, 3.63) is 110 Å². The van der Waals surface area contributed by atoms with E-state index in [0.29, 0.717) is 24.7 Å². The van der Waals surface area contributed by atoms with Crippen LogP contribution in [0.5, 0.6) is 11.5 Å². The van der Waals surface area contributed by atoms with Crippen LogP contribution in [0.4, 0.5) is 4.79 Å². The fourth-order valence-corrected chi connectivity index (χ4v) is 5.10. The van der Waals surface area contributed by atoms with Crippen molar-refractivity contribution in [3.63, 3.8) is 0 Å². The van der Waals surface area contributed by atoms with Crippen molar-refractivity contribution in [1.82, 2.24) is 10.2 Å². The van der Waals surface area contributed by atoms with Gasteiger partial charge >= 0.3 is 6.03 Å². The van der Waals surface area contributed by atoms with Crippen molar-refractivity contribution in [1.29, 1.82) is 0 Å². The number of fused-ring (bicyclic) bond motifs is 1. The van der Waals surface area contributed by atoms with Gasteiger partial charge in [0.2, 0.25) is 0 Å². The minimum Gasteiger partial charge on any atom is -0.490 e. The van der Waals surface area contributed by atoms with Crippen LogP contribution in [0, 0.1) is 10.5 Å². The number of hydrogen-bond donors (Lipinski definition) is 1. The second kappa shape index (κ2) is 11.3. The number of hydrogen-bond acceptors (Lipinski definition) is 4. The summed E-state index contributed by atoms with van der Waals surface area (Å²) in [6.45, 7) is 4.97. The molecule has 1 N–H and O–H groups in total. The number of carbonyl (C=O) groups excluding carboxylic acids is 2. The zero-order chi connectivity index (χ0) is 26.6.